The van der Waals surface area contributed by atoms with Gasteiger partial charge in [0.05, 0.1) is 41.0 Å². The number of likely N-dealkylation sites (N-methyl/N-ethyl adjacent to an activating group) is 1. The van der Waals surface area contributed by atoms with Crippen LogP contribution in [0.1, 0.15) is 58.4 Å². The quantitative estimate of drug-likeness (QED) is 0.356. The zero-order valence-corrected chi connectivity index (χ0v) is 26.9. The highest BCUT2D eigenvalue weighted by atomic mass is 19.1. The van der Waals surface area contributed by atoms with Crippen LogP contribution in [0.25, 0.3) is 11.3 Å². The van der Waals surface area contributed by atoms with Gasteiger partial charge in [0.2, 0.25) is 11.8 Å². The van der Waals surface area contributed by atoms with Crippen LogP contribution in [-0.4, -0.2) is 83.0 Å². The van der Waals surface area contributed by atoms with Crippen molar-refractivity contribution in [3.63, 3.8) is 0 Å². The van der Waals surface area contributed by atoms with Crippen LogP contribution in [0.15, 0.2) is 36.5 Å². The highest BCUT2D eigenvalue weighted by molar-refractivity contribution is 6.00. The minimum atomic E-state index is -0.563. The van der Waals surface area contributed by atoms with Crippen molar-refractivity contribution in [3.8, 4) is 17.1 Å². The number of nitrogens with zero attached hydrogens (tertiary/aromatic N) is 6. The maximum absolute atomic E-state index is 15.7. The van der Waals surface area contributed by atoms with E-state index >= 15 is 4.39 Å². The molecule has 4 aliphatic rings. The number of ether oxygens (including phenoxy) is 2. The standard InChI is InChI=1S/C34H43FN8O3/c1-4-41-20-26-30(39-32(40-31(26)46-34(2,3)21-41)43-18-24-10-11-25(19-43)45-24)22-8-12-28(27(35)16-22)38-33(44)37-23-9-13-29(36-17-23)42-14-6-5-7-15-42/h8-9,12-13,16-17,24-25H,4-7,10-11,14-15,18-21H2,1-3H3,(H2,37,38,44). The Kier molecular flexibility index (Phi) is 8.41. The number of nitrogens with one attached hydrogen (secondary N) is 2. The molecular weight excluding hydrogens is 587 g/mol. The molecule has 1 aromatic carbocycles. The number of piperidine rings is 1. The van der Waals surface area contributed by atoms with Gasteiger partial charge in [-0.25, -0.2) is 19.2 Å². The molecule has 2 atom stereocenters. The van der Waals surface area contributed by atoms with Gasteiger partial charge in [0, 0.05) is 44.8 Å². The molecule has 6 heterocycles. The first-order valence-corrected chi connectivity index (χ1v) is 16.5. The van der Waals surface area contributed by atoms with Crippen molar-refractivity contribution in [2.45, 2.75) is 77.2 Å². The Labute approximate surface area is 269 Å². The number of carbonyl (C=O) groups is 1. The van der Waals surface area contributed by atoms with Crippen LogP contribution < -0.4 is 25.2 Å². The fourth-order valence-electron chi connectivity index (χ4n) is 6.99. The SMILES string of the molecule is CCN1Cc2c(nc(N3CC4CCC(C3)O4)nc2-c2ccc(NC(=O)Nc3ccc(N4CCCCC4)nc3)c(F)c2)OC(C)(C)C1. The van der Waals surface area contributed by atoms with Crippen LogP contribution in [0.2, 0.25) is 0 Å². The number of benzene rings is 1. The molecule has 0 spiro atoms. The van der Waals surface area contributed by atoms with Crippen molar-refractivity contribution in [3.05, 3.63) is 47.9 Å². The average Bonchev–Trinajstić information content (AvgIpc) is 3.31. The molecule has 3 aromatic rings. The molecule has 3 saturated heterocycles. The number of halogens is 1. The van der Waals surface area contributed by atoms with Gasteiger partial charge in [-0.2, -0.15) is 4.98 Å². The van der Waals surface area contributed by atoms with E-state index in [-0.39, 0.29) is 17.9 Å². The number of carbonyl (C=O) groups excluding carboxylic acids is 1. The van der Waals surface area contributed by atoms with E-state index in [2.05, 4.69) is 51.1 Å². The van der Waals surface area contributed by atoms with Crippen molar-refractivity contribution in [2.75, 3.05) is 59.7 Å². The second-order valence-corrected chi connectivity index (χ2v) is 13.4. The van der Waals surface area contributed by atoms with Crippen LogP contribution in [0.4, 0.5) is 32.3 Å². The van der Waals surface area contributed by atoms with Gasteiger partial charge in [-0.15, -0.1) is 0 Å². The Morgan fingerprint density at radius 2 is 1.80 bits per heavy atom. The zero-order chi connectivity index (χ0) is 31.8. The van der Waals surface area contributed by atoms with Gasteiger partial charge in [-0.3, -0.25) is 4.90 Å². The van der Waals surface area contributed by atoms with Crippen LogP contribution in [-0.2, 0) is 11.3 Å². The van der Waals surface area contributed by atoms with Gasteiger partial charge in [0.1, 0.15) is 17.2 Å². The maximum atomic E-state index is 15.7. The molecule has 2 N–H and O–H groups in total. The number of anilines is 4. The van der Waals surface area contributed by atoms with Crippen molar-refractivity contribution >= 4 is 29.2 Å². The lowest BCUT2D eigenvalue weighted by Gasteiger charge is -2.33. The summed E-state index contributed by atoms with van der Waals surface area (Å²) in [5.74, 6) is 1.43. The summed E-state index contributed by atoms with van der Waals surface area (Å²) in [5, 5.41) is 5.40. The summed E-state index contributed by atoms with van der Waals surface area (Å²) < 4.78 is 28.2. The van der Waals surface area contributed by atoms with Crippen LogP contribution in [0.3, 0.4) is 0 Å². The summed E-state index contributed by atoms with van der Waals surface area (Å²) in [6.45, 7) is 11.8. The Hall–Kier alpha value is -4.03. The second-order valence-electron chi connectivity index (χ2n) is 13.4. The number of pyridine rings is 1. The lowest BCUT2D eigenvalue weighted by molar-refractivity contribution is 0.0297. The Morgan fingerprint density at radius 3 is 2.50 bits per heavy atom. The normalized spacial score (nSPS) is 22.5. The number of morpholine rings is 1. The summed E-state index contributed by atoms with van der Waals surface area (Å²) in [7, 11) is 0. The summed E-state index contributed by atoms with van der Waals surface area (Å²) in [6, 6.07) is 7.96. The van der Waals surface area contributed by atoms with Gasteiger partial charge >= 0.3 is 6.03 Å². The number of aromatic nitrogens is 3. The molecule has 2 bridgehead atoms. The van der Waals surface area contributed by atoms with E-state index in [4.69, 9.17) is 19.4 Å². The first-order valence-electron chi connectivity index (χ1n) is 16.5. The van der Waals surface area contributed by atoms with Gasteiger partial charge in [-0.05, 0) is 76.8 Å². The van der Waals surface area contributed by atoms with Crippen molar-refractivity contribution in [2.24, 2.45) is 0 Å². The van der Waals surface area contributed by atoms with Gasteiger partial charge in [0.25, 0.3) is 0 Å². The van der Waals surface area contributed by atoms with E-state index in [9.17, 15) is 4.79 Å². The molecule has 12 heteroatoms. The molecule has 3 fully saturated rings. The second kappa shape index (κ2) is 12.6. The minimum absolute atomic E-state index is 0.0665. The molecule has 2 unspecified atom stereocenters. The van der Waals surface area contributed by atoms with Crippen molar-refractivity contribution < 1.29 is 18.7 Å². The minimum Gasteiger partial charge on any atom is -0.470 e. The zero-order valence-electron chi connectivity index (χ0n) is 26.9. The van der Waals surface area contributed by atoms with Gasteiger partial charge < -0.3 is 29.9 Å². The summed E-state index contributed by atoms with van der Waals surface area (Å²) >= 11 is 0. The van der Waals surface area contributed by atoms with E-state index < -0.39 is 17.4 Å². The van der Waals surface area contributed by atoms with E-state index in [0.29, 0.717) is 48.4 Å². The van der Waals surface area contributed by atoms with Gasteiger partial charge in [0.15, 0.2) is 0 Å². The van der Waals surface area contributed by atoms with Crippen molar-refractivity contribution in [1.82, 2.24) is 19.9 Å². The van der Waals surface area contributed by atoms with Crippen LogP contribution in [0.5, 0.6) is 5.88 Å². The number of rotatable bonds is 6. The number of amides is 2. The maximum Gasteiger partial charge on any atom is 0.323 e. The van der Waals surface area contributed by atoms with E-state index in [1.807, 2.05) is 12.1 Å². The smallest absolute Gasteiger partial charge is 0.323 e. The predicted octanol–water partition coefficient (Wildman–Crippen LogP) is 5.67. The first kappa shape index (κ1) is 30.6. The third-order valence-electron chi connectivity index (χ3n) is 9.27. The topological polar surface area (TPSA) is 108 Å². The monoisotopic (exact) mass is 630 g/mol. The molecule has 244 valence electrons. The Morgan fingerprint density at radius 1 is 1.02 bits per heavy atom. The highest BCUT2D eigenvalue weighted by Gasteiger charge is 2.37. The Bertz CT molecular complexity index is 1570. The first-order chi connectivity index (χ1) is 22.2. The van der Waals surface area contributed by atoms with Crippen LogP contribution in [0, 0.1) is 5.82 Å². The van der Waals surface area contributed by atoms with E-state index in [1.165, 1.54) is 12.5 Å². The molecule has 4 aliphatic heterocycles. The summed E-state index contributed by atoms with van der Waals surface area (Å²) in [6.07, 6.45) is 7.58. The Balaban J connectivity index is 1.13. The van der Waals surface area contributed by atoms with Crippen LogP contribution >= 0.6 is 0 Å². The number of hydrogen-bond acceptors (Lipinski definition) is 9. The molecular formula is C34H43FN8O3. The molecule has 0 saturated carbocycles. The number of fused-ring (bicyclic) bond motifs is 3. The predicted molar refractivity (Wildman–Crippen MR) is 176 cm³/mol. The fourth-order valence-corrected chi connectivity index (χ4v) is 6.99. The number of hydrogen-bond donors (Lipinski definition) is 2. The molecule has 0 aliphatic carbocycles. The molecule has 46 heavy (non-hydrogen) atoms. The summed E-state index contributed by atoms with van der Waals surface area (Å²) in [4.78, 5) is 34.0. The number of urea groups is 1. The lowest BCUT2D eigenvalue weighted by Crippen LogP contribution is -2.43. The molecule has 2 aromatic heterocycles. The van der Waals surface area contributed by atoms with E-state index in [0.717, 1.165) is 63.2 Å². The average molecular weight is 631 g/mol. The third kappa shape index (κ3) is 6.59. The molecule has 2 amide bonds. The third-order valence-corrected chi connectivity index (χ3v) is 9.27. The fraction of sp³-hybridized carbons (Fsp3) is 0.529. The molecule has 0 radical (unpaired) electrons. The molecule has 11 nitrogen and oxygen atoms in total. The van der Waals surface area contributed by atoms with Crippen molar-refractivity contribution in [1.29, 1.82) is 0 Å². The highest BCUT2D eigenvalue weighted by Crippen LogP contribution is 2.38. The summed E-state index contributed by atoms with van der Waals surface area (Å²) in [5.41, 5.74) is 2.18. The van der Waals surface area contributed by atoms with Gasteiger partial charge in [-0.1, -0.05) is 13.0 Å². The molecule has 7 rings (SSSR count). The lowest BCUT2D eigenvalue weighted by atomic mass is 10.0. The van der Waals surface area contributed by atoms with E-state index in [1.54, 1.807) is 18.3 Å². The largest absolute Gasteiger partial charge is 0.470 e.